The van der Waals surface area contributed by atoms with Gasteiger partial charge in [-0.15, -0.1) is 0 Å². The van der Waals surface area contributed by atoms with Crippen molar-refractivity contribution >= 4 is 17.5 Å². The predicted octanol–water partition coefficient (Wildman–Crippen LogP) is 5.25. The summed E-state index contributed by atoms with van der Waals surface area (Å²) >= 11 is 0. The van der Waals surface area contributed by atoms with Crippen molar-refractivity contribution in [3.8, 4) is 11.1 Å². The van der Waals surface area contributed by atoms with Crippen LogP contribution in [0.25, 0.3) is 11.1 Å². The third-order valence-corrected chi connectivity index (χ3v) is 7.48. The fourth-order valence-corrected chi connectivity index (χ4v) is 5.30. The van der Waals surface area contributed by atoms with Gasteiger partial charge in [0.15, 0.2) is 5.69 Å². The number of hydrogen-bond donors (Lipinski definition) is 0. The first-order chi connectivity index (χ1) is 20.7. The molecule has 1 aliphatic heterocycles. The van der Waals surface area contributed by atoms with E-state index >= 15 is 0 Å². The van der Waals surface area contributed by atoms with Crippen molar-refractivity contribution < 1.29 is 22.8 Å². The number of rotatable bonds is 5. The fourth-order valence-electron chi connectivity index (χ4n) is 5.30. The topological polar surface area (TPSA) is 74.6 Å². The van der Waals surface area contributed by atoms with E-state index in [0.29, 0.717) is 38.4 Å². The van der Waals surface area contributed by atoms with E-state index in [4.69, 9.17) is 0 Å². The maximum atomic E-state index is 13.7. The number of alkyl halides is 3. The molecule has 1 aliphatic rings. The van der Waals surface area contributed by atoms with Crippen LogP contribution in [0, 0.1) is 0 Å². The van der Waals surface area contributed by atoms with E-state index in [1.165, 1.54) is 13.1 Å². The van der Waals surface area contributed by atoms with E-state index in [2.05, 4.69) is 15.0 Å². The van der Waals surface area contributed by atoms with Crippen molar-refractivity contribution in [1.82, 2.24) is 24.6 Å². The Bertz CT molecular complexity index is 1540. The molecule has 2 aromatic carbocycles. The minimum atomic E-state index is -4.60. The molecule has 0 saturated heterocycles. The van der Waals surface area contributed by atoms with Crippen LogP contribution in [0.2, 0.25) is 0 Å². The molecule has 2 aromatic heterocycles. The number of benzene rings is 2. The molecular weight excluding hydrogens is 557 g/mol. The Balaban J connectivity index is 1.49. The number of aromatic nitrogens is 3. The highest BCUT2D eigenvalue weighted by Crippen LogP contribution is 2.30. The molecule has 11 heteroatoms. The summed E-state index contributed by atoms with van der Waals surface area (Å²) in [7, 11) is 0. The smallest absolute Gasteiger partial charge is 0.335 e. The number of anilines is 1. The van der Waals surface area contributed by atoms with Gasteiger partial charge < -0.3 is 9.80 Å². The Kier molecular flexibility index (Phi) is 9.20. The Morgan fingerprint density at radius 2 is 1.72 bits per heavy atom. The Hall–Kier alpha value is -4.51. The van der Waals surface area contributed by atoms with Crippen LogP contribution in [-0.2, 0) is 35.4 Å². The van der Waals surface area contributed by atoms with E-state index in [-0.39, 0.29) is 24.9 Å². The van der Waals surface area contributed by atoms with E-state index in [1.54, 1.807) is 22.2 Å². The standard InChI is InChI=1S/C32H33F3N6O2/c1-24(42)41-15-6-14-38(21-25-7-3-2-4-8-25)17-18-39(31(43)23-40-16-12-30(37-40)32(33,34)35)22-28-19-26(10-11-29(28)41)27-9-5-13-36-20-27/h2-5,7-13,16,19-20H,6,14-15,17-18,21-23H2,1H3. The minimum absolute atomic E-state index is 0.113. The zero-order valence-corrected chi connectivity index (χ0v) is 23.9. The maximum Gasteiger partial charge on any atom is 0.435 e. The van der Waals surface area contributed by atoms with Gasteiger partial charge in [-0.3, -0.25) is 24.2 Å². The number of nitrogens with zero attached hydrogens (tertiary/aromatic N) is 6. The average Bonchev–Trinajstić information content (AvgIpc) is 3.46. The van der Waals surface area contributed by atoms with Crippen LogP contribution in [0.5, 0.6) is 0 Å². The molecule has 0 N–H and O–H groups in total. The summed E-state index contributed by atoms with van der Waals surface area (Å²) in [6.45, 7) is 4.09. The fraction of sp³-hybridized carbons (Fsp3) is 0.312. The first-order valence-electron chi connectivity index (χ1n) is 14.1. The molecule has 0 aliphatic carbocycles. The van der Waals surface area contributed by atoms with Crippen molar-refractivity contribution in [2.75, 3.05) is 31.1 Å². The lowest BCUT2D eigenvalue weighted by Crippen LogP contribution is -2.40. The van der Waals surface area contributed by atoms with Crippen molar-refractivity contribution in [3.05, 3.63) is 102 Å². The van der Waals surface area contributed by atoms with E-state index < -0.39 is 11.9 Å². The summed E-state index contributed by atoms with van der Waals surface area (Å²) in [5.41, 5.74) is 3.31. The van der Waals surface area contributed by atoms with E-state index in [0.717, 1.165) is 39.4 Å². The quantitative estimate of drug-likeness (QED) is 0.318. The molecule has 0 unspecified atom stereocenters. The normalized spacial score (nSPS) is 15.1. The van der Waals surface area contributed by atoms with Gasteiger partial charge in [-0.25, -0.2) is 0 Å². The predicted molar refractivity (Wildman–Crippen MR) is 157 cm³/mol. The second kappa shape index (κ2) is 13.2. The number of carbonyl (C=O) groups excluding carboxylic acids is 2. The summed E-state index contributed by atoms with van der Waals surface area (Å²) < 4.78 is 40.5. The molecule has 0 saturated carbocycles. The van der Waals surface area contributed by atoms with Gasteiger partial charge in [0, 0.05) is 70.5 Å². The van der Waals surface area contributed by atoms with Crippen molar-refractivity contribution in [1.29, 1.82) is 0 Å². The number of pyridine rings is 1. The third kappa shape index (κ3) is 7.66. The lowest BCUT2D eigenvalue weighted by Gasteiger charge is -2.28. The zero-order valence-electron chi connectivity index (χ0n) is 23.9. The molecule has 5 rings (SSSR count). The van der Waals surface area contributed by atoms with Crippen LogP contribution in [0.3, 0.4) is 0 Å². The first-order valence-corrected chi connectivity index (χ1v) is 14.1. The highest BCUT2D eigenvalue weighted by Gasteiger charge is 2.34. The number of carbonyl (C=O) groups is 2. The van der Waals surface area contributed by atoms with Crippen LogP contribution in [0.1, 0.15) is 30.2 Å². The van der Waals surface area contributed by atoms with Crippen LogP contribution < -0.4 is 4.90 Å². The second-order valence-electron chi connectivity index (χ2n) is 10.6. The molecule has 3 heterocycles. The van der Waals surface area contributed by atoms with Gasteiger partial charge in [-0.1, -0.05) is 42.5 Å². The average molecular weight is 591 g/mol. The van der Waals surface area contributed by atoms with Crippen LogP contribution in [0.15, 0.2) is 85.3 Å². The highest BCUT2D eigenvalue weighted by atomic mass is 19.4. The zero-order chi connectivity index (χ0) is 30.4. The number of halogens is 3. The number of amides is 2. The van der Waals surface area contributed by atoms with Gasteiger partial charge in [-0.2, -0.15) is 18.3 Å². The highest BCUT2D eigenvalue weighted by molar-refractivity contribution is 5.93. The van der Waals surface area contributed by atoms with Gasteiger partial charge in [0.25, 0.3) is 0 Å². The summed E-state index contributed by atoms with van der Waals surface area (Å²) in [6.07, 6.45) is 0.722. The SMILES string of the molecule is CC(=O)N1CCCN(Cc2ccccc2)CCN(C(=O)Cn2ccc(C(F)(F)F)n2)Cc2cc(-c3cccnc3)ccc21. The lowest BCUT2D eigenvalue weighted by atomic mass is 10.0. The monoisotopic (exact) mass is 590 g/mol. The summed E-state index contributed by atoms with van der Waals surface area (Å²) in [5, 5.41) is 3.58. The summed E-state index contributed by atoms with van der Waals surface area (Å²) in [4.78, 5) is 36.4. The molecule has 0 bridgehead atoms. The lowest BCUT2D eigenvalue weighted by molar-refractivity contribution is -0.142. The minimum Gasteiger partial charge on any atom is -0.335 e. The summed E-state index contributed by atoms with van der Waals surface area (Å²) in [6, 6.07) is 20.4. The Morgan fingerprint density at radius 1 is 0.907 bits per heavy atom. The van der Waals surface area contributed by atoms with Gasteiger partial charge in [0.05, 0.1) is 0 Å². The molecule has 43 heavy (non-hydrogen) atoms. The van der Waals surface area contributed by atoms with Gasteiger partial charge in [0.1, 0.15) is 6.54 Å². The number of fused-ring (bicyclic) bond motifs is 1. The molecule has 8 nitrogen and oxygen atoms in total. The first kappa shape index (κ1) is 30.0. The molecule has 0 radical (unpaired) electrons. The van der Waals surface area contributed by atoms with Crippen molar-refractivity contribution in [3.63, 3.8) is 0 Å². The number of hydrogen-bond acceptors (Lipinski definition) is 5. The van der Waals surface area contributed by atoms with Gasteiger partial charge in [-0.05, 0) is 52.9 Å². The van der Waals surface area contributed by atoms with Crippen LogP contribution in [-0.4, -0.2) is 62.6 Å². The molecule has 0 atom stereocenters. The van der Waals surface area contributed by atoms with E-state index in [1.807, 2.05) is 60.7 Å². The third-order valence-electron chi connectivity index (χ3n) is 7.48. The van der Waals surface area contributed by atoms with E-state index in [9.17, 15) is 22.8 Å². The Labute approximate surface area is 248 Å². The largest absolute Gasteiger partial charge is 0.435 e. The van der Waals surface area contributed by atoms with Crippen molar-refractivity contribution in [2.24, 2.45) is 0 Å². The molecule has 4 aromatic rings. The molecule has 0 spiro atoms. The summed E-state index contributed by atoms with van der Waals surface area (Å²) in [5.74, 6) is -0.485. The molecule has 0 fully saturated rings. The second-order valence-corrected chi connectivity index (χ2v) is 10.6. The van der Waals surface area contributed by atoms with Crippen LogP contribution in [0.4, 0.5) is 18.9 Å². The Morgan fingerprint density at radius 3 is 2.42 bits per heavy atom. The van der Waals surface area contributed by atoms with Gasteiger partial charge in [0.2, 0.25) is 11.8 Å². The molecule has 2 amide bonds. The van der Waals surface area contributed by atoms with Gasteiger partial charge >= 0.3 is 6.18 Å². The molecular formula is C32H33F3N6O2. The molecule has 224 valence electrons. The van der Waals surface area contributed by atoms with Crippen LogP contribution >= 0.6 is 0 Å². The maximum absolute atomic E-state index is 13.7. The van der Waals surface area contributed by atoms with Crippen molar-refractivity contribution in [2.45, 2.75) is 39.2 Å².